The predicted octanol–water partition coefficient (Wildman–Crippen LogP) is 1.33. The molecule has 0 radical (unpaired) electrons. The minimum atomic E-state index is -3.37. The van der Waals surface area contributed by atoms with Crippen LogP contribution in [0.15, 0.2) is 34.6 Å². The van der Waals surface area contributed by atoms with Gasteiger partial charge in [-0.15, -0.1) is 0 Å². The molecule has 62 valence electrons. The molecule has 12 heavy (non-hydrogen) atoms. The maximum atomic E-state index is 11.2. The van der Waals surface area contributed by atoms with E-state index in [9.17, 15) is 13.5 Å². The first-order chi connectivity index (χ1) is 5.61. The fraction of sp³-hybridized carbons (Fsp3) is 0. The van der Waals surface area contributed by atoms with Crippen LogP contribution in [0.5, 0.6) is 0 Å². The van der Waals surface area contributed by atoms with Gasteiger partial charge in [0, 0.05) is 5.56 Å². The van der Waals surface area contributed by atoms with Crippen LogP contribution < -0.4 is 0 Å². The van der Waals surface area contributed by atoms with Crippen molar-refractivity contribution in [1.29, 1.82) is 0 Å². The first kappa shape index (κ1) is 7.36. The molecule has 1 aromatic rings. The lowest BCUT2D eigenvalue weighted by molar-refractivity contribution is 0.512. The Morgan fingerprint density at radius 3 is 2.50 bits per heavy atom. The van der Waals surface area contributed by atoms with Gasteiger partial charge in [0.05, 0.1) is 10.3 Å². The van der Waals surface area contributed by atoms with Crippen LogP contribution in [-0.4, -0.2) is 13.5 Å². The number of fused-ring (bicyclic) bond motifs is 1. The second kappa shape index (κ2) is 2.10. The van der Waals surface area contributed by atoms with Gasteiger partial charge in [-0.25, -0.2) is 8.42 Å². The number of hydrogen-bond acceptors (Lipinski definition) is 3. The number of hydrogen-bond donors (Lipinski definition) is 1. The Labute approximate surface area is 69.9 Å². The van der Waals surface area contributed by atoms with Crippen molar-refractivity contribution in [3.05, 3.63) is 35.2 Å². The van der Waals surface area contributed by atoms with Gasteiger partial charge >= 0.3 is 0 Å². The summed E-state index contributed by atoms with van der Waals surface area (Å²) >= 11 is 0. The maximum Gasteiger partial charge on any atom is 0.204 e. The van der Waals surface area contributed by atoms with Crippen molar-refractivity contribution in [1.82, 2.24) is 0 Å². The Bertz CT molecular complexity index is 457. The quantitative estimate of drug-likeness (QED) is 0.658. The van der Waals surface area contributed by atoms with Gasteiger partial charge in [0.25, 0.3) is 0 Å². The molecular formula is C8H6O3S. The van der Waals surface area contributed by atoms with E-state index in [0.717, 1.165) is 5.41 Å². The van der Waals surface area contributed by atoms with Crippen molar-refractivity contribution in [2.45, 2.75) is 4.90 Å². The summed E-state index contributed by atoms with van der Waals surface area (Å²) in [7, 11) is -3.37. The summed E-state index contributed by atoms with van der Waals surface area (Å²) in [5, 5.41) is 10.1. The zero-order valence-electron chi connectivity index (χ0n) is 6.06. The Morgan fingerprint density at radius 2 is 1.83 bits per heavy atom. The average molecular weight is 182 g/mol. The van der Waals surface area contributed by atoms with E-state index in [-0.39, 0.29) is 10.7 Å². The molecule has 1 aromatic carbocycles. The van der Waals surface area contributed by atoms with Crippen molar-refractivity contribution < 1.29 is 13.5 Å². The van der Waals surface area contributed by atoms with Crippen molar-refractivity contribution in [2.24, 2.45) is 0 Å². The van der Waals surface area contributed by atoms with Gasteiger partial charge in [0.15, 0.2) is 0 Å². The largest absolute Gasteiger partial charge is 0.507 e. The van der Waals surface area contributed by atoms with Crippen LogP contribution in [0.1, 0.15) is 5.56 Å². The second-order valence-electron chi connectivity index (χ2n) is 2.54. The monoisotopic (exact) mass is 182 g/mol. The molecule has 0 atom stereocenters. The maximum absolute atomic E-state index is 11.2. The van der Waals surface area contributed by atoms with E-state index in [4.69, 9.17) is 0 Å². The summed E-state index contributed by atoms with van der Waals surface area (Å²) in [4.78, 5) is 0.183. The Morgan fingerprint density at radius 1 is 1.17 bits per heavy atom. The summed E-state index contributed by atoms with van der Waals surface area (Å²) in [6.45, 7) is 0. The van der Waals surface area contributed by atoms with Crippen LogP contribution in [0.25, 0.3) is 5.76 Å². The van der Waals surface area contributed by atoms with Crippen LogP contribution in [0.2, 0.25) is 0 Å². The van der Waals surface area contributed by atoms with Gasteiger partial charge in [-0.3, -0.25) is 0 Å². The van der Waals surface area contributed by atoms with Gasteiger partial charge in [-0.2, -0.15) is 0 Å². The molecule has 0 saturated carbocycles. The fourth-order valence-electron chi connectivity index (χ4n) is 1.20. The normalized spacial score (nSPS) is 18.5. The number of benzene rings is 1. The lowest BCUT2D eigenvalue weighted by atomic mass is 10.2. The first-order valence-corrected chi connectivity index (χ1v) is 4.91. The molecule has 1 aliphatic rings. The Hall–Kier alpha value is -1.29. The summed E-state index contributed by atoms with van der Waals surface area (Å²) in [5.74, 6) is -0.175. The number of rotatable bonds is 0. The molecule has 0 amide bonds. The summed E-state index contributed by atoms with van der Waals surface area (Å²) < 4.78 is 22.5. The highest BCUT2D eigenvalue weighted by Crippen LogP contribution is 2.30. The smallest absolute Gasteiger partial charge is 0.204 e. The van der Waals surface area contributed by atoms with E-state index < -0.39 is 9.84 Å². The van der Waals surface area contributed by atoms with E-state index in [1.807, 2.05) is 0 Å². The van der Waals surface area contributed by atoms with Crippen molar-refractivity contribution in [3.8, 4) is 0 Å². The molecule has 3 nitrogen and oxygen atoms in total. The molecule has 4 heteroatoms. The van der Waals surface area contributed by atoms with Gasteiger partial charge in [0.1, 0.15) is 5.76 Å². The van der Waals surface area contributed by atoms with Crippen LogP contribution in [-0.2, 0) is 9.84 Å². The highest BCUT2D eigenvalue weighted by atomic mass is 32.2. The van der Waals surface area contributed by atoms with E-state index in [2.05, 4.69) is 0 Å². The zero-order valence-corrected chi connectivity index (χ0v) is 6.88. The third-order valence-corrected chi connectivity index (χ3v) is 3.24. The van der Waals surface area contributed by atoms with Crippen molar-refractivity contribution in [3.63, 3.8) is 0 Å². The standard InChI is InChI=1S/C8H6O3S/c9-7-5-12(10,11)8-4-2-1-3-6(7)8/h1-5,9H. The van der Waals surface area contributed by atoms with E-state index >= 15 is 0 Å². The molecule has 0 bridgehead atoms. The van der Waals surface area contributed by atoms with Crippen LogP contribution in [0.3, 0.4) is 0 Å². The Kier molecular flexibility index (Phi) is 1.29. The summed E-state index contributed by atoms with van der Waals surface area (Å²) in [6.07, 6.45) is 0. The topological polar surface area (TPSA) is 54.4 Å². The van der Waals surface area contributed by atoms with Gasteiger partial charge in [-0.05, 0) is 12.1 Å². The molecule has 0 aromatic heterocycles. The number of aliphatic hydroxyl groups is 1. The lowest BCUT2D eigenvalue weighted by Crippen LogP contribution is -1.91. The lowest BCUT2D eigenvalue weighted by Gasteiger charge is -1.95. The fourth-order valence-corrected chi connectivity index (χ4v) is 2.50. The minimum Gasteiger partial charge on any atom is -0.507 e. The molecular weight excluding hydrogens is 176 g/mol. The van der Waals surface area contributed by atoms with Crippen molar-refractivity contribution >= 4 is 15.6 Å². The minimum absolute atomic E-state index is 0.175. The van der Waals surface area contributed by atoms with Crippen LogP contribution in [0, 0.1) is 0 Å². The average Bonchev–Trinajstić information content (AvgIpc) is 2.25. The molecule has 2 rings (SSSR count). The summed E-state index contributed by atoms with van der Waals surface area (Å²) in [5.41, 5.74) is 0.387. The molecule has 0 spiro atoms. The molecule has 0 aliphatic carbocycles. The second-order valence-corrected chi connectivity index (χ2v) is 4.31. The summed E-state index contributed by atoms with van der Waals surface area (Å²) in [6, 6.07) is 6.36. The van der Waals surface area contributed by atoms with E-state index in [1.165, 1.54) is 6.07 Å². The van der Waals surface area contributed by atoms with E-state index in [1.54, 1.807) is 18.2 Å². The van der Waals surface area contributed by atoms with Crippen LogP contribution >= 0.6 is 0 Å². The SMILES string of the molecule is O=S1(=O)C=C(O)c2ccccc21. The van der Waals surface area contributed by atoms with Crippen molar-refractivity contribution in [2.75, 3.05) is 0 Å². The zero-order chi connectivity index (χ0) is 8.77. The third-order valence-electron chi connectivity index (χ3n) is 1.74. The molecule has 0 unspecified atom stereocenters. The third kappa shape index (κ3) is 0.848. The molecule has 0 saturated heterocycles. The molecule has 1 N–H and O–H groups in total. The Balaban J connectivity index is 2.86. The highest BCUT2D eigenvalue weighted by Gasteiger charge is 2.25. The molecule has 1 heterocycles. The van der Waals surface area contributed by atoms with Gasteiger partial charge < -0.3 is 5.11 Å². The van der Waals surface area contributed by atoms with E-state index in [0.29, 0.717) is 5.56 Å². The number of aliphatic hydroxyl groups excluding tert-OH is 1. The number of sulfone groups is 1. The van der Waals surface area contributed by atoms with Gasteiger partial charge in [-0.1, -0.05) is 12.1 Å². The first-order valence-electron chi connectivity index (χ1n) is 3.36. The van der Waals surface area contributed by atoms with Crippen LogP contribution in [0.4, 0.5) is 0 Å². The molecule has 1 aliphatic heterocycles. The predicted molar refractivity (Wildman–Crippen MR) is 44.2 cm³/mol. The molecule has 0 fully saturated rings. The van der Waals surface area contributed by atoms with Gasteiger partial charge in [0.2, 0.25) is 9.84 Å². The highest BCUT2D eigenvalue weighted by molar-refractivity contribution is 7.94.